The van der Waals surface area contributed by atoms with Crippen molar-refractivity contribution in [1.29, 1.82) is 0 Å². The molecule has 1 rings (SSSR count). The van der Waals surface area contributed by atoms with Crippen LogP contribution in [0.4, 0.5) is 0 Å². The van der Waals surface area contributed by atoms with E-state index in [1.165, 1.54) is 0 Å². The summed E-state index contributed by atoms with van der Waals surface area (Å²) in [5.41, 5.74) is 0. The Hall–Kier alpha value is -0.0900. The molecule has 2 atom stereocenters. The molecule has 0 aromatic carbocycles. The molecule has 3 nitrogen and oxygen atoms in total. The Labute approximate surface area is 61.6 Å². The van der Waals surface area contributed by atoms with Crippen LogP contribution >= 0.6 is 15.9 Å². The van der Waals surface area contributed by atoms with Gasteiger partial charge < -0.3 is 10.4 Å². The Morgan fingerprint density at radius 1 is 1.78 bits per heavy atom. The quantitative estimate of drug-likeness (QED) is 0.532. The second-order valence-corrected chi connectivity index (χ2v) is 3.24. The number of amides is 1. The number of aliphatic hydroxyl groups excluding tert-OH is 1. The van der Waals surface area contributed by atoms with Crippen molar-refractivity contribution >= 4 is 21.8 Å². The lowest BCUT2D eigenvalue weighted by molar-refractivity contribution is -0.126. The van der Waals surface area contributed by atoms with Crippen molar-refractivity contribution in [1.82, 2.24) is 5.32 Å². The van der Waals surface area contributed by atoms with Crippen LogP contribution in [0.3, 0.4) is 0 Å². The summed E-state index contributed by atoms with van der Waals surface area (Å²) in [5.74, 6) is -0.0711. The molecule has 1 fully saturated rings. The topological polar surface area (TPSA) is 49.3 Å². The molecule has 1 amide bonds. The molecule has 4 heteroatoms. The molecule has 52 valence electrons. The summed E-state index contributed by atoms with van der Waals surface area (Å²) in [6, 6.07) is 0. The summed E-state index contributed by atoms with van der Waals surface area (Å²) < 4.78 is 0. The normalized spacial score (nSPS) is 36.0. The van der Waals surface area contributed by atoms with E-state index in [0.29, 0.717) is 12.8 Å². The fourth-order valence-corrected chi connectivity index (χ4v) is 1.12. The second-order valence-electron chi connectivity index (χ2n) is 2.07. The molecule has 1 aliphatic heterocycles. The Kier molecular flexibility index (Phi) is 2.08. The minimum atomic E-state index is -0.703. The standard InChI is InChI=1S/C5H8BrNO2/c6-3-1-2-4(8)7-5(3)9/h3,5,9H,1-2H2,(H,7,8). The fraction of sp³-hybridized carbons (Fsp3) is 0.800. The van der Waals surface area contributed by atoms with E-state index in [-0.39, 0.29) is 10.7 Å². The lowest BCUT2D eigenvalue weighted by Gasteiger charge is -2.23. The van der Waals surface area contributed by atoms with E-state index in [4.69, 9.17) is 5.11 Å². The highest BCUT2D eigenvalue weighted by Gasteiger charge is 2.23. The van der Waals surface area contributed by atoms with E-state index in [1.54, 1.807) is 0 Å². The van der Waals surface area contributed by atoms with E-state index in [0.717, 1.165) is 0 Å². The molecule has 9 heavy (non-hydrogen) atoms. The van der Waals surface area contributed by atoms with Gasteiger partial charge in [0.1, 0.15) is 6.23 Å². The monoisotopic (exact) mass is 193 g/mol. The molecule has 1 heterocycles. The predicted molar refractivity (Wildman–Crippen MR) is 36.1 cm³/mol. The van der Waals surface area contributed by atoms with Crippen LogP contribution in [0.15, 0.2) is 0 Å². The highest BCUT2D eigenvalue weighted by Crippen LogP contribution is 2.15. The lowest BCUT2D eigenvalue weighted by atomic mass is 10.1. The Morgan fingerprint density at radius 3 is 2.89 bits per heavy atom. The van der Waals surface area contributed by atoms with Gasteiger partial charge in [0.15, 0.2) is 0 Å². The molecule has 2 unspecified atom stereocenters. The van der Waals surface area contributed by atoms with Crippen molar-refractivity contribution in [2.75, 3.05) is 0 Å². The van der Waals surface area contributed by atoms with Crippen LogP contribution in [0.25, 0.3) is 0 Å². The third kappa shape index (κ3) is 1.66. The summed E-state index contributed by atoms with van der Waals surface area (Å²) in [7, 11) is 0. The smallest absolute Gasteiger partial charge is 0.222 e. The third-order valence-corrected chi connectivity index (χ3v) is 2.26. The minimum Gasteiger partial charge on any atom is -0.373 e. The highest BCUT2D eigenvalue weighted by atomic mass is 79.9. The first-order chi connectivity index (χ1) is 4.20. The molecule has 0 aliphatic carbocycles. The second kappa shape index (κ2) is 2.66. The minimum absolute atomic E-state index is 0.0233. The van der Waals surface area contributed by atoms with Crippen molar-refractivity contribution in [2.45, 2.75) is 23.9 Å². The van der Waals surface area contributed by atoms with Gasteiger partial charge in [-0.15, -0.1) is 0 Å². The summed E-state index contributed by atoms with van der Waals surface area (Å²) in [6.45, 7) is 0. The molecule has 2 N–H and O–H groups in total. The van der Waals surface area contributed by atoms with Gasteiger partial charge in [-0.3, -0.25) is 4.79 Å². The molecule has 0 bridgehead atoms. The van der Waals surface area contributed by atoms with Gasteiger partial charge in [0.05, 0.1) is 4.83 Å². The van der Waals surface area contributed by atoms with Gasteiger partial charge in [-0.25, -0.2) is 0 Å². The maximum Gasteiger partial charge on any atom is 0.222 e. The number of alkyl halides is 1. The predicted octanol–water partition coefficient (Wildman–Crippen LogP) is -0.0217. The van der Waals surface area contributed by atoms with Crippen molar-refractivity contribution < 1.29 is 9.90 Å². The summed E-state index contributed by atoms with van der Waals surface area (Å²) in [5, 5.41) is 11.4. The van der Waals surface area contributed by atoms with Crippen LogP contribution < -0.4 is 5.32 Å². The zero-order valence-corrected chi connectivity index (χ0v) is 6.39. The number of piperidine rings is 1. The average Bonchev–Trinajstić information content (AvgIpc) is 1.80. The number of hydrogen-bond donors (Lipinski definition) is 2. The number of carbonyl (C=O) groups is 1. The largest absolute Gasteiger partial charge is 0.373 e. The summed E-state index contributed by atoms with van der Waals surface area (Å²) in [4.78, 5) is 10.6. The zero-order chi connectivity index (χ0) is 6.85. The molecule has 0 spiro atoms. The molecular formula is C5H8BrNO2. The van der Waals surface area contributed by atoms with Gasteiger partial charge in [-0.1, -0.05) is 15.9 Å². The molecule has 1 saturated heterocycles. The zero-order valence-electron chi connectivity index (χ0n) is 4.80. The maximum atomic E-state index is 10.5. The Bertz CT molecular complexity index is 128. The van der Waals surface area contributed by atoms with Crippen LogP contribution in [-0.2, 0) is 4.79 Å². The van der Waals surface area contributed by atoms with Gasteiger partial charge in [-0.2, -0.15) is 0 Å². The van der Waals surface area contributed by atoms with E-state index in [9.17, 15) is 4.79 Å². The van der Waals surface area contributed by atoms with Crippen LogP contribution in [0, 0.1) is 0 Å². The lowest BCUT2D eigenvalue weighted by Crippen LogP contribution is -2.45. The van der Waals surface area contributed by atoms with E-state index >= 15 is 0 Å². The molecule has 0 saturated carbocycles. The van der Waals surface area contributed by atoms with Crippen LogP contribution in [0.2, 0.25) is 0 Å². The first-order valence-corrected chi connectivity index (χ1v) is 3.73. The third-order valence-electron chi connectivity index (χ3n) is 1.30. The SMILES string of the molecule is O=C1CCC(Br)C(O)N1. The van der Waals surface area contributed by atoms with E-state index in [2.05, 4.69) is 21.2 Å². The summed E-state index contributed by atoms with van der Waals surface area (Å²) >= 11 is 3.22. The van der Waals surface area contributed by atoms with Gasteiger partial charge in [0.25, 0.3) is 0 Å². The van der Waals surface area contributed by atoms with Crippen molar-refractivity contribution in [3.63, 3.8) is 0 Å². The molecule has 1 aliphatic rings. The van der Waals surface area contributed by atoms with E-state index in [1.807, 2.05) is 0 Å². The van der Waals surface area contributed by atoms with Gasteiger partial charge in [-0.05, 0) is 6.42 Å². The molecule has 0 radical (unpaired) electrons. The number of aliphatic hydroxyl groups is 1. The average molecular weight is 194 g/mol. The van der Waals surface area contributed by atoms with Gasteiger partial charge >= 0.3 is 0 Å². The number of halogens is 1. The van der Waals surface area contributed by atoms with Crippen molar-refractivity contribution in [2.24, 2.45) is 0 Å². The molecule has 0 aromatic rings. The first kappa shape index (κ1) is 7.02. The number of rotatable bonds is 0. The van der Waals surface area contributed by atoms with E-state index < -0.39 is 6.23 Å². The molecular weight excluding hydrogens is 186 g/mol. The number of nitrogens with one attached hydrogen (secondary N) is 1. The fourth-order valence-electron chi connectivity index (χ4n) is 0.754. The number of carbonyl (C=O) groups excluding carboxylic acids is 1. The van der Waals surface area contributed by atoms with Crippen LogP contribution in [0.1, 0.15) is 12.8 Å². The van der Waals surface area contributed by atoms with Gasteiger partial charge in [0.2, 0.25) is 5.91 Å². The first-order valence-electron chi connectivity index (χ1n) is 2.81. The summed E-state index contributed by atoms with van der Waals surface area (Å²) in [6.07, 6.45) is 0.520. The number of hydrogen-bond acceptors (Lipinski definition) is 2. The highest BCUT2D eigenvalue weighted by molar-refractivity contribution is 9.09. The van der Waals surface area contributed by atoms with Crippen LogP contribution in [0.5, 0.6) is 0 Å². The molecule has 0 aromatic heterocycles. The van der Waals surface area contributed by atoms with Crippen molar-refractivity contribution in [3.8, 4) is 0 Å². The van der Waals surface area contributed by atoms with Gasteiger partial charge in [0, 0.05) is 6.42 Å². The maximum absolute atomic E-state index is 10.5. The van der Waals surface area contributed by atoms with Crippen LogP contribution in [-0.4, -0.2) is 22.1 Å². The Morgan fingerprint density at radius 2 is 2.44 bits per heavy atom. The van der Waals surface area contributed by atoms with Crippen molar-refractivity contribution in [3.05, 3.63) is 0 Å². The Balaban J connectivity index is 2.44.